The van der Waals surface area contributed by atoms with Gasteiger partial charge in [0.05, 0.1) is 6.10 Å². The van der Waals surface area contributed by atoms with E-state index in [2.05, 4.69) is 4.98 Å². The van der Waals surface area contributed by atoms with Gasteiger partial charge in [-0.3, -0.25) is 9.78 Å². The summed E-state index contributed by atoms with van der Waals surface area (Å²) in [5, 5.41) is 0. The molecule has 142 valence electrons. The van der Waals surface area contributed by atoms with Crippen LogP contribution >= 0.6 is 11.8 Å². The Kier molecular flexibility index (Phi) is 4.98. The molecule has 4 heterocycles. The smallest absolute Gasteiger partial charge is 0.248 e. The maximum Gasteiger partial charge on any atom is 0.248 e. The summed E-state index contributed by atoms with van der Waals surface area (Å²) < 4.78 is 32.4. The Morgan fingerprint density at radius 2 is 2.12 bits per heavy atom. The van der Waals surface area contributed by atoms with Crippen LogP contribution in [0.5, 0.6) is 0 Å². The van der Waals surface area contributed by atoms with Crippen LogP contribution in [0.1, 0.15) is 19.3 Å². The highest BCUT2D eigenvalue weighted by atomic mass is 32.2. The van der Waals surface area contributed by atoms with Gasteiger partial charge >= 0.3 is 0 Å². The van der Waals surface area contributed by atoms with Crippen LogP contribution in [0.25, 0.3) is 0 Å². The Morgan fingerprint density at radius 3 is 2.81 bits per heavy atom. The molecule has 0 radical (unpaired) electrons. The molecule has 1 amide bonds. The van der Waals surface area contributed by atoms with Crippen LogP contribution in [-0.2, 0) is 19.6 Å². The number of amides is 1. The van der Waals surface area contributed by atoms with Gasteiger partial charge < -0.3 is 9.64 Å². The normalized spacial score (nSPS) is 25.5. The van der Waals surface area contributed by atoms with Gasteiger partial charge in [-0.15, -0.1) is 11.8 Å². The molecule has 3 saturated heterocycles. The van der Waals surface area contributed by atoms with Crippen LogP contribution in [0.2, 0.25) is 0 Å². The second-order valence-corrected chi connectivity index (χ2v) is 10.6. The summed E-state index contributed by atoms with van der Waals surface area (Å²) in [6.45, 7) is 2.81. The minimum absolute atomic E-state index is 0.0230. The van der Waals surface area contributed by atoms with E-state index in [1.54, 1.807) is 30.1 Å². The van der Waals surface area contributed by atoms with Gasteiger partial charge in [0.1, 0.15) is 11.5 Å². The summed E-state index contributed by atoms with van der Waals surface area (Å²) in [5.41, 5.74) is 0. The van der Waals surface area contributed by atoms with Crippen molar-refractivity contribution in [3.8, 4) is 0 Å². The molecule has 3 fully saturated rings. The SMILES string of the molecule is O=C(CO[C@H]1CSC2(C1)CN(S(=O)(=O)c1cccnc1)C2)N1CCCC1. The Balaban J connectivity index is 1.28. The third kappa shape index (κ3) is 3.49. The fraction of sp³-hybridized carbons (Fsp3) is 0.647. The number of ether oxygens (including phenoxy) is 1. The first-order valence-electron chi connectivity index (χ1n) is 8.92. The predicted octanol–water partition coefficient (Wildman–Crippen LogP) is 0.969. The van der Waals surface area contributed by atoms with Crippen molar-refractivity contribution in [2.75, 3.05) is 38.5 Å². The molecule has 1 spiro atoms. The van der Waals surface area contributed by atoms with Gasteiger partial charge in [0.25, 0.3) is 0 Å². The van der Waals surface area contributed by atoms with E-state index in [-0.39, 0.29) is 28.3 Å². The topological polar surface area (TPSA) is 79.8 Å². The molecule has 3 aliphatic heterocycles. The number of likely N-dealkylation sites (tertiary alicyclic amines) is 1. The van der Waals surface area contributed by atoms with Crippen molar-refractivity contribution < 1.29 is 17.9 Å². The maximum atomic E-state index is 12.6. The highest BCUT2D eigenvalue weighted by Crippen LogP contribution is 2.47. The molecular formula is C17H23N3O4S2. The third-order valence-corrected chi connectivity index (χ3v) is 8.63. The lowest BCUT2D eigenvalue weighted by atomic mass is 9.95. The van der Waals surface area contributed by atoms with Gasteiger partial charge in [-0.1, -0.05) is 0 Å². The first-order valence-corrected chi connectivity index (χ1v) is 11.3. The monoisotopic (exact) mass is 397 g/mol. The van der Waals surface area contributed by atoms with E-state index in [1.807, 2.05) is 4.90 Å². The summed E-state index contributed by atoms with van der Waals surface area (Å²) in [7, 11) is -3.46. The van der Waals surface area contributed by atoms with Crippen LogP contribution < -0.4 is 0 Å². The molecule has 1 aromatic heterocycles. The molecule has 0 N–H and O–H groups in total. The Labute approximate surface area is 158 Å². The number of thioether (sulfide) groups is 1. The minimum atomic E-state index is -3.46. The van der Waals surface area contributed by atoms with Crippen molar-refractivity contribution in [1.82, 2.24) is 14.2 Å². The number of pyridine rings is 1. The number of carbonyl (C=O) groups excluding carboxylic acids is 1. The average Bonchev–Trinajstić information content (AvgIpc) is 3.29. The maximum absolute atomic E-state index is 12.6. The second-order valence-electron chi connectivity index (χ2n) is 7.18. The number of hydrogen-bond acceptors (Lipinski definition) is 6. The summed E-state index contributed by atoms with van der Waals surface area (Å²) in [6.07, 6.45) is 5.93. The Morgan fingerprint density at radius 1 is 1.35 bits per heavy atom. The van der Waals surface area contributed by atoms with E-state index < -0.39 is 10.0 Å². The summed E-state index contributed by atoms with van der Waals surface area (Å²) in [6, 6.07) is 3.21. The van der Waals surface area contributed by atoms with Gasteiger partial charge in [0.15, 0.2) is 0 Å². The molecule has 4 rings (SSSR count). The number of hydrogen-bond donors (Lipinski definition) is 0. The van der Waals surface area contributed by atoms with Gasteiger partial charge in [0, 0.05) is 49.1 Å². The molecule has 7 nitrogen and oxygen atoms in total. The first kappa shape index (κ1) is 18.2. The zero-order valence-corrected chi connectivity index (χ0v) is 16.2. The van der Waals surface area contributed by atoms with Gasteiger partial charge in [-0.05, 0) is 31.4 Å². The van der Waals surface area contributed by atoms with Crippen molar-refractivity contribution in [2.24, 2.45) is 0 Å². The average molecular weight is 398 g/mol. The molecule has 9 heteroatoms. The summed E-state index contributed by atoms with van der Waals surface area (Å²) in [5.74, 6) is 0.886. The van der Waals surface area contributed by atoms with Crippen LogP contribution in [-0.4, -0.2) is 77.9 Å². The van der Waals surface area contributed by atoms with Crippen LogP contribution in [0.4, 0.5) is 0 Å². The summed E-state index contributed by atoms with van der Waals surface area (Å²) >= 11 is 1.77. The van der Waals surface area contributed by atoms with Crippen LogP contribution in [0, 0.1) is 0 Å². The molecule has 0 aromatic carbocycles. The van der Waals surface area contributed by atoms with Crippen LogP contribution in [0.15, 0.2) is 29.4 Å². The number of rotatable bonds is 5. The molecule has 0 saturated carbocycles. The van der Waals surface area contributed by atoms with E-state index in [9.17, 15) is 13.2 Å². The Bertz CT molecular complexity index is 759. The third-order valence-electron chi connectivity index (χ3n) is 5.28. The van der Waals surface area contributed by atoms with Gasteiger partial charge in [0.2, 0.25) is 15.9 Å². The number of nitrogens with zero attached hydrogens (tertiary/aromatic N) is 3. The van der Waals surface area contributed by atoms with Crippen molar-refractivity contribution in [3.63, 3.8) is 0 Å². The molecular weight excluding hydrogens is 374 g/mol. The zero-order chi connectivity index (χ0) is 18.2. The molecule has 1 aromatic rings. The standard InChI is InChI=1S/C17H23N3O4S2/c21-16(19-6-1-2-7-19)10-24-14-8-17(25-11-14)12-20(13-17)26(22,23)15-4-3-5-18-9-15/h3-5,9,14H,1-2,6-8,10-13H2/t14-/m1/s1. The van der Waals surface area contributed by atoms with E-state index in [0.29, 0.717) is 13.1 Å². The van der Waals surface area contributed by atoms with Gasteiger partial charge in [-0.2, -0.15) is 4.31 Å². The predicted molar refractivity (Wildman–Crippen MR) is 98.4 cm³/mol. The molecule has 3 aliphatic rings. The fourth-order valence-electron chi connectivity index (χ4n) is 3.79. The lowest BCUT2D eigenvalue weighted by Crippen LogP contribution is -2.60. The first-order chi connectivity index (χ1) is 12.5. The quantitative estimate of drug-likeness (QED) is 0.737. The second kappa shape index (κ2) is 7.10. The summed E-state index contributed by atoms with van der Waals surface area (Å²) in [4.78, 5) is 18.1. The minimum Gasteiger partial charge on any atom is -0.367 e. The van der Waals surface area contributed by atoms with Crippen molar-refractivity contribution >= 4 is 27.7 Å². The van der Waals surface area contributed by atoms with E-state index in [0.717, 1.165) is 38.1 Å². The van der Waals surface area contributed by atoms with Crippen molar-refractivity contribution in [3.05, 3.63) is 24.5 Å². The zero-order valence-electron chi connectivity index (χ0n) is 14.5. The van der Waals surface area contributed by atoms with E-state index in [4.69, 9.17) is 4.74 Å². The largest absolute Gasteiger partial charge is 0.367 e. The molecule has 1 atom stereocenters. The molecule has 26 heavy (non-hydrogen) atoms. The van der Waals surface area contributed by atoms with E-state index >= 15 is 0 Å². The molecule has 0 bridgehead atoms. The fourth-order valence-corrected chi connectivity index (χ4v) is 7.08. The van der Waals surface area contributed by atoms with Gasteiger partial charge in [-0.25, -0.2) is 8.42 Å². The Hall–Kier alpha value is -1.16. The van der Waals surface area contributed by atoms with Crippen molar-refractivity contribution in [1.29, 1.82) is 0 Å². The number of carbonyl (C=O) groups is 1. The lowest BCUT2D eigenvalue weighted by Gasteiger charge is -2.46. The van der Waals surface area contributed by atoms with Crippen molar-refractivity contribution in [2.45, 2.75) is 35.0 Å². The lowest BCUT2D eigenvalue weighted by molar-refractivity contribution is -0.136. The molecule has 0 unspecified atom stereocenters. The van der Waals surface area contributed by atoms with E-state index in [1.165, 1.54) is 10.5 Å². The highest BCUT2D eigenvalue weighted by molar-refractivity contribution is 8.01. The molecule has 0 aliphatic carbocycles. The number of aromatic nitrogens is 1. The van der Waals surface area contributed by atoms with Crippen LogP contribution in [0.3, 0.4) is 0 Å². The highest BCUT2D eigenvalue weighted by Gasteiger charge is 2.53. The number of sulfonamides is 1.